The second-order valence-electron chi connectivity index (χ2n) is 8.87. The van der Waals surface area contributed by atoms with Gasteiger partial charge < -0.3 is 38.0 Å². The van der Waals surface area contributed by atoms with Gasteiger partial charge in [0.15, 0.2) is 11.6 Å². The molecule has 0 aliphatic carbocycles. The molecule has 4 heterocycles. The molecule has 0 aliphatic rings. The largest absolute Gasteiger partial charge is 0.573 e. The quantitative estimate of drug-likeness (QED) is 0.179. The van der Waals surface area contributed by atoms with E-state index < -0.39 is 6.36 Å². The number of ether oxygens (including phenoxy) is 3. The summed E-state index contributed by atoms with van der Waals surface area (Å²) in [6, 6.07) is 17.2. The molecule has 43 heavy (non-hydrogen) atoms. The molecule has 0 bridgehead atoms. The molecule has 4 aromatic heterocycles. The van der Waals surface area contributed by atoms with Gasteiger partial charge in [-0.25, -0.2) is 19.9 Å². The molecule has 0 saturated heterocycles. The molecule has 2 aromatic carbocycles. The van der Waals surface area contributed by atoms with Crippen LogP contribution in [0.25, 0.3) is 45.1 Å². The van der Waals surface area contributed by atoms with Crippen LogP contribution in [-0.4, -0.2) is 49.5 Å². The summed E-state index contributed by atoms with van der Waals surface area (Å²) in [5.41, 5.74) is 5.43. The average Bonchev–Trinajstić information content (AvgIpc) is 3.57. The monoisotopic (exact) mass is 663 g/mol. The third-order valence-corrected chi connectivity index (χ3v) is 5.82. The first-order valence-corrected chi connectivity index (χ1v) is 12.7. The van der Waals surface area contributed by atoms with Crippen molar-refractivity contribution in [2.75, 3.05) is 13.2 Å². The van der Waals surface area contributed by atoms with E-state index >= 15 is 0 Å². The maximum Gasteiger partial charge on any atom is 0.573 e. The van der Waals surface area contributed by atoms with E-state index in [0.717, 1.165) is 22.6 Å². The Labute approximate surface area is 270 Å². The summed E-state index contributed by atoms with van der Waals surface area (Å²) in [6.07, 6.45) is -1.53. The molecular weight excluding hydrogens is 638 g/mol. The van der Waals surface area contributed by atoms with Gasteiger partial charge in [0.05, 0.1) is 34.5 Å². The zero-order valence-electron chi connectivity index (χ0n) is 23.0. The number of hydrogen-bond donors (Lipinski definition) is 2. The van der Waals surface area contributed by atoms with E-state index in [1.807, 2.05) is 24.3 Å². The summed E-state index contributed by atoms with van der Waals surface area (Å²) in [4.78, 5) is 23.5. The van der Waals surface area contributed by atoms with Gasteiger partial charge in [-0.2, -0.15) is 0 Å². The minimum Gasteiger partial charge on any atom is -0.524 e. The van der Waals surface area contributed by atoms with E-state index in [4.69, 9.17) is 9.47 Å². The van der Waals surface area contributed by atoms with Crippen LogP contribution >= 0.6 is 0 Å². The summed E-state index contributed by atoms with van der Waals surface area (Å²) in [7, 11) is 0. The molecule has 1 radical (unpaired) electrons. The van der Waals surface area contributed by atoms with Crippen molar-refractivity contribution in [1.29, 1.82) is 0 Å². The minimum absolute atomic E-state index is 0. The number of aromatic nitrogens is 6. The molecule has 6 rings (SSSR count). The number of alkyl halides is 3. The van der Waals surface area contributed by atoms with Crippen molar-refractivity contribution < 1.29 is 60.1 Å². The minimum atomic E-state index is -4.73. The fourth-order valence-electron chi connectivity index (χ4n) is 4.00. The van der Waals surface area contributed by atoms with E-state index in [2.05, 4.69) is 61.5 Å². The van der Waals surface area contributed by atoms with Gasteiger partial charge in [-0.1, -0.05) is 6.07 Å². The van der Waals surface area contributed by atoms with Crippen LogP contribution in [-0.2, 0) is 32.7 Å². The third-order valence-electron chi connectivity index (χ3n) is 5.82. The Morgan fingerprint density at radius 1 is 0.698 bits per heavy atom. The van der Waals surface area contributed by atoms with Crippen LogP contribution in [0, 0.1) is 20.8 Å². The first kappa shape index (κ1) is 31.9. The molecule has 13 heteroatoms. The number of fused-ring (bicyclic) bond motifs is 2. The summed E-state index contributed by atoms with van der Waals surface area (Å²) >= 11 is 0. The maximum atomic E-state index is 12.2. The summed E-state index contributed by atoms with van der Waals surface area (Å²) < 4.78 is 51.1. The molecule has 2 N–H and O–H groups in total. The number of H-pyrrole nitrogens is 2. The number of imidazole rings is 2. The van der Waals surface area contributed by atoms with Crippen molar-refractivity contribution >= 4 is 22.1 Å². The molecule has 0 fully saturated rings. The van der Waals surface area contributed by atoms with Crippen molar-refractivity contribution in [3.63, 3.8) is 0 Å². The summed E-state index contributed by atoms with van der Waals surface area (Å²) in [6.45, 7) is 9.93. The molecule has 6 aromatic rings. The number of aryl methyl sites for hydroxylation is 1. The topological polar surface area (TPSA) is 111 Å². The van der Waals surface area contributed by atoms with Crippen molar-refractivity contribution in [3.05, 3.63) is 92.5 Å². The molecule has 0 spiro atoms. The van der Waals surface area contributed by atoms with Crippen LogP contribution in [0.3, 0.4) is 0 Å². The molecule has 0 aliphatic heterocycles. The first-order valence-electron chi connectivity index (χ1n) is 12.7. The maximum absolute atomic E-state index is 12.2. The van der Waals surface area contributed by atoms with Crippen LogP contribution in [0.15, 0.2) is 73.1 Å². The normalized spacial score (nSPS) is 11.0. The Hall–Kier alpha value is -4.03. The smallest absolute Gasteiger partial charge is 0.524 e. The molecule has 219 valence electrons. The Morgan fingerprint density at radius 3 is 1.65 bits per heavy atom. The Morgan fingerprint density at radius 2 is 1.19 bits per heavy atom. The van der Waals surface area contributed by atoms with Gasteiger partial charge in [0.1, 0.15) is 28.6 Å². The Balaban J connectivity index is 0.000000195. The Kier molecular flexibility index (Phi) is 10.4. The van der Waals surface area contributed by atoms with E-state index in [1.165, 1.54) is 30.0 Å². The molecule has 0 unspecified atom stereocenters. The van der Waals surface area contributed by atoms with Crippen molar-refractivity contribution in [1.82, 2.24) is 29.9 Å². The first-order chi connectivity index (χ1) is 20.2. The van der Waals surface area contributed by atoms with Crippen LogP contribution in [0.5, 0.6) is 17.2 Å². The number of pyridine rings is 2. The fourth-order valence-corrected chi connectivity index (χ4v) is 4.00. The molecule has 9 nitrogen and oxygen atoms in total. The van der Waals surface area contributed by atoms with Gasteiger partial charge in [-0.15, -0.1) is 13.2 Å². The van der Waals surface area contributed by atoms with Gasteiger partial charge in [0, 0.05) is 38.8 Å². The van der Waals surface area contributed by atoms with Crippen LogP contribution < -0.4 is 14.2 Å². The fraction of sp³-hybridized carbons (Fsp3) is 0.133. The standard InChI is InChI=1S/C15H11F3N3O2.C15H14N3O.Y/c1-2-22-10-4-6-12(19-8-10)14-20-11-5-3-9(7-13(11)21-14)23-15(16,17)18;1-3-19-11-5-7-13(16-9-11)15-17-12-6-4-10(2)8-14(12)18-15;/h3-8H,1-2H2,(H,20,21);4-9H,1,3H2,2H3,(H,17,18);/q2*-1;. The predicted molar refractivity (Wildman–Crippen MR) is 152 cm³/mol. The predicted octanol–water partition coefficient (Wildman–Crippen LogP) is 6.88. The van der Waals surface area contributed by atoms with E-state index in [9.17, 15) is 13.2 Å². The third kappa shape index (κ3) is 8.29. The number of hydrogen-bond acceptors (Lipinski definition) is 7. The zero-order valence-corrected chi connectivity index (χ0v) is 25.8. The summed E-state index contributed by atoms with van der Waals surface area (Å²) in [5.74, 6) is 2.17. The van der Waals surface area contributed by atoms with Gasteiger partial charge >= 0.3 is 6.36 Å². The number of aromatic amines is 2. The van der Waals surface area contributed by atoms with Crippen molar-refractivity contribution in [2.24, 2.45) is 0 Å². The number of rotatable bonds is 7. The zero-order chi connectivity index (χ0) is 29.7. The van der Waals surface area contributed by atoms with Crippen LogP contribution in [0.4, 0.5) is 13.2 Å². The summed E-state index contributed by atoms with van der Waals surface area (Å²) in [5, 5.41) is 0. The van der Waals surface area contributed by atoms with Crippen LogP contribution in [0.1, 0.15) is 5.56 Å². The SMILES string of the molecule is [CH2-]COc1ccc(-c2nc3ccc(C)cc3[nH]2)nc1.[CH2-]COc1ccc(-c2nc3ccc(OC(F)(F)F)cc3[nH]2)nc1.[Y]. The second-order valence-corrected chi connectivity index (χ2v) is 8.87. The molecular formula is C30H25F3N6O3Y-2. The number of nitrogens with one attached hydrogen (secondary N) is 2. The number of halogens is 3. The second kappa shape index (κ2) is 14.0. The number of nitrogens with zero attached hydrogens (tertiary/aromatic N) is 4. The van der Waals surface area contributed by atoms with Crippen LogP contribution in [0.2, 0.25) is 0 Å². The van der Waals surface area contributed by atoms with Crippen molar-refractivity contribution in [2.45, 2.75) is 13.3 Å². The van der Waals surface area contributed by atoms with Gasteiger partial charge in [-0.05, 0) is 74.2 Å². The molecule has 0 atom stereocenters. The average molecular weight is 663 g/mol. The van der Waals surface area contributed by atoms with E-state index in [-0.39, 0.29) is 45.1 Å². The molecule has 0 amide bonds. The number of benzene rings is 2. The van der Waals surface area contributed by atoms with E-state index in [1.54, 1.807) is 18.3 Å². The Bertz CT molecular complexity index is 1790. The van der Waals surface area contributed by atoms with Gasteiger partial charge in [0.2, 0.25) is 0 Å². The van der Waals surface area contributed by atoms with Crippen molar-refractivity contribution in [3.8, 4) is 40.3 Å². The molecule has 0 saturated carbocycles. The van der Waals surface area contributed by atoms with Gasteiger partial charge in [0.25, 0.3) is 0 Å². The van der Waals surface area contributed by atoms with Gasteiger partial charge in [-0.3, -0.25) is 0 Å². The van der Waals surface area contributed by atoms with E-state index in [0.29, 0.717) is 40.7 Å².